The van der Waals surface area contributed by atoms with Crippen LogP contribution in [-0.2, 0) is 17.6 Å². The Labute approximate surface area is 228 Å². The molecule has 0 aliphatic heterocycles. The van der Waals surface area contributed by atoms with Crippen LogP contribution in [-0.4, -0.2) is 26.4 Å². The molecule has 208 valence electrons. The van der Waals surface area contributed by atoms with E-state index in [1.165, 1.54) is 114 Å². The van der Waals surface area contributed by atoms with Gasteiger partial charge in [0, 0.05) is 0 Å². The largest absolute Gasteiger partial charge is 0.491 e. The van der Waals surface area contributed by atoms with E-state index in [-0.39, 0.29) is 0 Å². The number of ether oxygens (including phenoxy) is 3. The number of rotatable bonds is 24. The fraction of sp³-hybridized carbons (Fsp3) is 0.647. The van der Waals surface area contributed by atoms with Crippen molar-refractivity contribution >= 4 is 0 Å². The molecule has 0 saturated carbocycles. The second-order valence-electron chi connectivity index (χ2n) is 10.3. The van der Waals surface area contributed by atoms with Gasteiger partial charge in [0.1, 0.15) is 24.7 Å². The summed E-state index contributed by atoms with van der Waals surface area (Å²) in [5.41, 5.74) is 2.81. The van der Waals surface area contributed by atoms with E-state index >= 15 is 0 Å². The molecule has 0 aliphatic rings. The molecule has 0 aromatic heterocycles. The summed E-state index contributed by atoms with van der Waals surface area (Å²) >= 11 is 0. The average Bonchev–Trinajstić information content (AvgIpc) is 2.93. The Kier molecular flexibility index (Phi) is 18.6. The summed E-state index contributed by atoms with van der Waals surface area (Å²) in [6.45, 7) is 6.80. The Balaban J connectivity index is 1.43. The first-order chi connectivity index (χ1) is 18.3. The zero-order chi connectivity index (χ0) is 26.2. The first kappa shape index (κ1) is 31.2. The van der Waals surface area contributed by atoms with Gasteiger partial charge in [-0.05, 0) is 61.1 Å². The van der Waals surface area contributed by atoms with Crippen LogP contribution in [0.15, 0.2) is 48.5 Å². The maximum absolute atomic E-state index is 5.82. The van der Waals surface area contributed by atoms with Gasteiger partial charge in [0.05, 0.1) is 13.2 Å². The average molecular weight is 511 g/mol. The van der Waals surface area contributed by atoms with Crippen LogP contribution in [0, 0.1) is 0 Å². The fourth-order valence-electron chi connectivity index (χ4n) is 4.62. The quantitative estimate of drug-likeness (QED) is 0.132. The fourth-order valence-corrected chi connectivity index (χ4v) is 4.62. The number of hydrogen-bond acceptors (Lipinski definition) is 3. The molecule has 0 heterocycles. The molecular formula is C34H54O3. The molecule has 37 heavy (non-hydrogen) atoms. The Bertz CT molecular complexity index is 688. The van der Waals surface area contributed by atoms with Crippen molar-refractivity contribution in [3.05, 3.63) is 59.7 Å². The lowest BCUT2D eigenvalue weighted by Gasteiger charge is -2.10. The summed E-state index contributed by atoms with van der Waals surface area (Å²) in [6.07, 6.45) is 21.3. The highest BCUT2D eigenvalue weighted by atomic mass is 16.5. The van der Waals surface area contributed by atoms with Crippen molar-refractivity contribution < 1.29 is 14.2 Å². The van der Waals surface area contributed by atoms with Crippen molar-refractivity contribution in [2.24, 2.45) is 0 Å². The topological polar surface area (TPSA) is 27.7 Å². The van der Waals surface area contributed by atoms with Crippen LogP contribution in [0.1, 0.15) is 115 Å². The molecule has 2 aromatic rings. The molecule has 3 heteroatoms. The molecule has 0 amide bonds. The molecule has 0 aliphatic carbocycles. The first-order valence-electron chi connectivity index (χ1n) is 15.3. The van der Waals surface area contributed by atoms with Crippen LogP contribution in [0.4, 0.5) is 0 Å². The van der Waals surface area contributed by atoms with Crippen LogP contribution < -0.4 is 9.47 Å². The second-order valence-corrected chi connectivity index (χ2v) is 10.3. The Morgan fingerprint density at radius 1 is 0.405 bits per heavy atom. The number of hydrogen-bond donors (Lipinski definition) is 0. The molecule has 0 spiro atoms. The van der Waals surface area contributed by atoms with Gasteiger partial charge < -0.3 is 14.2 Å². The molecule has 2 aromatic carbocycles. The minimum absolute atomic E-state index is 0.560. The lowest BCUT2D eigenvalue weighted by atomic mass is 10.0. The molecule has 0 unspecified atom stereocenters. The standard InChI is InChI=1S/C34H54O3/c1-3-5-7-9-11-13-15-17-31-19-23-33(24-20-31)36-29-27-35-28-30-37-34-25-21-32(22-26-34)18-16-14-12-10-8-6-4-2/h19-26H,3-18,27-30H2,1-2H3. The predicted molar refractivity (Wildman–Crippen MR) is 158 cm³/mol. The van der Waals surface area contributed by atoms with E-state index in [0.29, 0.717) is 26.4 Å². The van der Waals surface area contributed by atoms with Gasteiger partial charge in [0.2, 0.25) is 0 Å². The molecular weight excluding hydrogens is 456 g/mol. The SMILES string of the molecule is CCCCCCCCCc1ccc(OCCOCCOc2ccc(CCCCCCCCC)cc2)cc1. The van der Waals surface area contributed by atoms with Gasteiger partial charge in [-0.2, -0.15) is 0 Å². The van der Waals surface area contributed by atoms with Gasteiger partial charge in [-0.25, -0.2) is 0 Å². The highest BCUT2D eigenvalue weighted by Crippen LogP contribution is 2.17. The van der Waals surface area contributed by atoms with E-state index in [4.69, 9.17) is 14.2 Å². The lowest BCUT2D eigenvalue weighted by molar-refractivity contribution is 0.0764. The number of benzene rings is 2. The number of unbranched alkanes of at least 4 members (excludes halogenated alkanes) is 12. The van der Waals surface area contributed by atoms with Gasteiger partial charge >= 0.3 is 0 Å². The van der Waals surface area contributed by atoms with Crippen LogP contribution in [0.3, 0.4) is 0 Å². The third-order valence-electron chi connectivity index (χ3n) is 6.98. The van der Waals surface area contributed by atoms with E-state index in [2.05, 4.69) is 62.4 Å². The van der Waals surface area contributed by atoms with Crippen molar-refractivity contribution in [2.45, 2.75) is 117 Å². The van der Waals surface area contributed by atoms with Crippen molar-refractivity contribution in [1.82, 2.24) is 0 Å². The maximum atomic E-state index is 5.82. The Morgan fingerprint density at radius 3 is 1.14 bits per heavy atom. The van der Waals surface area contributed by atoms with Crippen molar-refractivity contribution in [1.29, 1.82) is 0 Å². The van der Waals surface area contributed by atoms with Crippen molar-refractivity contribution in [3.8, 4) is 11.5 Å². The summed E-state index contributed by atoms with van der Waals surface area (Å²) in [7, 11) is 0. The maximum Gasteiger partial charge on any atom is 0.119 e. The summed E-state index contributed by atoms with van der Waals surface area (Å²) in [6, 6.07) is 17.1. The van der Waals surface area contributed by atoms with E-state index in [1.54, 1.807) is 0 Å². The summed E-state index contributed by atoms with van der Waals surface area (Å²) in [4.78, 5) is 0. The van der Waals surface area contributed by atoms with Crippen LogP contribution in [0.25, 0.3) is 0 Å². The second kappa shape index (κ2) is 22.0. The smallest absolute Gasteiger partial charge is 0.119 e. The van der Waals surface area contributed by atoms with E-state index < -0.39 is 0 Å². The van der Waals surface area contributed by atoms with Gasteiger partial charge in [0.25, 0.3) is 0 Å². The van der Waals surface area contributed by atoms with Gasteiger partial charge in [-0.3, -0.25) is 0 Å². The van der Waals surface area contributed by atoms with Crippen molar-refractivity contribution in [3.63, 3.8) is 0 Å². The Hall–Kier alpha value is -2.00. The van der Waals surface area contributed by atoms with Crippen LogP contribution in [0.5, 0.6) is 11.5 Å². The number of aryl methyl sites for hydroxylation is 2. The zero-order valence-corrected chi connectivity index (χ0v) is 24.0. The normalized spacial score (nSPS) is 11.1. The lowest BCUT2D eigenvalue weighted by Crippen LogP contribution is -2.12. The summed E-state index contributed by atoms with van der Waals surface area (Å²) in [5.74, 6) is 1.83. The molecule has 0 atom stereocenters. The van der Waals surface area contributed by atoms with Gasteiger partial charge in [0.15, 0.2) is 0 Å². The Morgan fingerprint density at radius 2 is 0.757 bits per heavy atom. The first-order valence-corrected chi connectivity index (χ1v) is 15.3. The van der Waals surface area contributed by atoms with Gasteiger partial charge in [-0.1, -0.05) is 115 Å². The minimum Gasteiger partial charge on any atom is -0.491 e. The third-order valence-corrected chi connectivity index (χ3v) is 6.98. The molecule has 0 bridgehead atoms. The van der Waals surface area contributed by atoms with E-state index in [9.17, 15) is 0 Å². The molecule has 2 rings (SSSR count). The van der Waals surface area contributed by atoms with Gasteiger partial charge in [-0.15, -0.1) is 0 Å². The molecule has 0 N–H and O–H groups in total. The molecule has 3 nitrogen and oxygen atoms in total. The minimum atomic E-state index is 0.560. The molecule has 0 saturated heterocycles. The van der Waals surface area contributed by atoms with E-state index in [0.717, 1.165) is 11.5 Å². The highest BCUT2D eigenvalue weighted by molar-refractivity contribution is 5.28. The molecule has 0 radical (unpaired) electrons. The zero-order valence-electron chi connectivity index (χ0n) is 24.0. The summed E-state index contributed by atoms with van der Waals surface area (Å²) in [5, 5.41) is 0. The molecule has 0 fully saturated rings. The van der Waals surface area contributed by atoms with Crippen LogP contribution >= 0.6 is 0 Å². The van der Waals surface area contributed by atoms with Crippen molar-refractivity contribution in [2.75, 3.05) is 26.4 Å². The third kappa shape index (κ3) is 16.5. The highest BCUT2D eigenvalue weighted by Gasteiger charge is 2.00. The van der Waals surface area contributed by atoms with Crippen LogP contribution in [0.2, 0.25) is 0 Å². The van der Waals surface area contributed by atoms with E-state index in [1.807, 2.05) is 0 Å². The predicted octanol–water partition coefficient (Wildman–Crippen LogP) is 9.75. The summed E-state index contributed by atoms with van der Waals surface area (Å²) < 4.78 is 17.3. The monoisotopic (exact) mass is 510 g/mol.